The van der Waals surface area contributed by atoms with Crippen LogP contribution in [-0.4, -0.2) is 6.04 Å². The fourth-order valence-corrected chi connectivity index (χ4v) is 3.59. The van der Waals surface area contributed by atoms with E-state index >= 15 is 0 Å². The maximum absolute atomic E-state index is 5.98. The Morgan fingerprint density at radius 3 is 2.78 bits per heavy atom. The minimum atomic E-state index is 0.217. The van der Waals surface area contributed by atoms with Crippen molar-refractivity contribution in [3.8, 4) is 0 Å². The molecule has 0 fully saturated rings. The van der Waals surface area contributed by atoms with Gasteiger partial charge in [0.25, 0.3) is 0 Å². The van der Waals surface area contributed by atoms with Gasteiger partial charge in [0.05, 0.1) is 0 Å². The van der Waals surface area contributed by atoms with Crippen molar-refractivity contribution in [2.45, 2.75) is 18.9 Å². The Bertz CT molecular complexity index is 515. The second-order valence-corrected chi connectivity index (χ2v) is 6.48. The van der Waals surface area contributed by atoms with Gasteiger partial charge in [0.2, 0.25) is 0 Å². The van der Waals surface area contributed by atoms with Gasteiger partial charge < -0.3 is 0 Å². The molecule has 0 amide bonds. The molecule has 96 valence electrons. The second kappa shape index (κ2) is 6.68. The Balaban J connectivity index is 2.01. The van der Waals surface area contributed by atoms with Gasteiger partial charge in [0.15, 0.2) is 0 Å². The highest BCUT2D eigenvalue weighted by molar-refractivity contribution is 9.10. The average molecular weight is 346 g/mol. The Morgan fingerprint density at radius 2 is 2.17 bits per heavy atom. The zero-order valence-electron chi connectivity index (χ0n) is 9.70. The Morgan fingerprint density at radius 1 is 1.33 bits per heavy atom. The Hall–Kier alpha value is -0.390. The maximum atomic E-state index is 5.98. The van der Waals surface area contributed by atoms with Crippen molar-refractivity contribution in [3.63, 3.8) is 0 Å². The first-order chi connectivity index (χ1) is 8.67. The molecule has 0 spiro atoms. The molecule has 2 aromatic rings. The lowest BCUT2D eigenvalue weighted by atomic mass is 10.0. The molecule has 2 rings (SSSR count). The highest BCUT2D eigenvalue weighted by Crippen LogP contribution is 2.22. The molecule has 18 heavy (non-hydrogen) atoms. The second-order valence-electron chi connectivity index (χ2n) is 4.13. The first kappa shape index (κ1) is 14.0. The summed E-state index contributed by atoms with van der Waals surface area (Å²) in [5.41, 5.74) is 4.07. The standard InChI is InChI=1S/C13H14BrClN2S/c14-10-6-13(18-8-10)7-12(17-16)5-9-2-1-3-11(15)4-9/h1-4,6,8,12,17H,5,7,16H2. The van der Waals surface area contributed by atoms with Gasteiger partial charge in [-0.1, -0.05) is 23.7 Å². The molecule has 1 aromatic carbocycles. The van der Waals surface area contributed by atoms with Crippen molar-refractivity contribution in [1.29, 1.82) is 0 Å². The quantitative estimate of drug-likeness (QED) is 0.639. The van der Waals surface area contributed by atoms with E-state index in [1.54, 1.807) is 11.3 Å². The van der Waals surface area contributed by atoms with Gasteiger partial charge in [-0.3, -0.25) is 11.3 Å². The largest absolute Gasteiger partial charge is 0.271 e. The van der Waals surface area contributed by atoms with Crippen molar-refractivity contribution in [1.82, 2.24) is 5.43 Å². The topological polar surface area (TPSA) is 38.0 Å². The molecule has 1 aromatic heterocycles. The van der Waals surface area contributed by atoms with Crippen LogP contribution in [0.2, 0.25) is 5.02 Å². The molecule has 0 radical (unpaired) electrons. The summed E-state index contributed by atoms with van der Waals surface area (Å²) < 4.78 is 1.13. The SMILES string of the molecule is NNC(Cc1cccc(Cl)c1)Cc1cc(Br)cs1. The predicted octanol–water partition coefficient (Wildman–Crippen LogP) is 3.78. The van der Waals surface area contributed by atoms with Gasteiger partial charge in [0.1, 0.15) is 0 Å². The van der Waals surface area contributed by atoms with Gasteiger partial charge >= 0.3 is 0 Å². The molecule has 1 atom stereocenters. The van der Waals surface area contributed by atoms with E-state index in [1.165, 1.54) is 10.4 Å². The molecule has 5 heteroatoms. The minimum Gasteiger partial charge on any atom is -0.271 e. The summed E-state index contributed by atoms with van der Waals surface area (Å²) in [5.74, 6) is 5.62. The summed E-state index contributed by atoms with van der Waals surface area (Å²) in [5, 5.41) is 2.85. The van der Waals surface area contributed by atoms with E-state index in [0.29, 0.717) is 0 Å². The lowest BCUT2D eigenvalue weighted by molar-refractivity contribution is 0.525. The van der Waals surface area contributed by atoms with E-state index in [9.17, 15) is 0 Å². The molecule has 0 aliphatic heterocycles. The molecular formula is C13H14BrClN2S. The monoisotopic (exact) mass is 344 g/mol. The number of benzene rings is 1. The number of thiophene rings is 1. The third-order valence-corrected chi connectivity index (χ3v) is 4.63. The average Bonchev–Trinajstić information content (AvgIpc) is 2.74. The number of hydrogen-bond donors (Lipinski definition) is 2. The summed E-state index contributed by atoms with van der Waals surface area (Å²) in [6.45, 7) is 0. The van der Waals surface area contributed by atoms with E-state index in [1.807, 2.05) is 18.2 Å². The van der Waals surface area contributed by atoms with E-state index in [-0.39, 0.29) is 6.04 Å². The van der Waals surface area contributed by atoms with Crippen molar-refractivity contribution in [2.24, 2.45) is 5.84 Å². The van der Waals surface area contributed by atoms with Crippen LogP contribution < -0.4 is 11.3 Å². The third-order valence-electron chi connectivity index (χ3n) is 2.68. The van der Waals surface area contributed by atoms with Crippen LogP contribution in [0.5, 0.6) is 0 Å². The molecule has 0 bridgehead atoms. The summed E-state index contributed by atoms with van der Waals surface area (Å²) >= 11 is 11.2. The highest BCUT2D eigenvalue weighted by atomic mass is 79.9. The maximum Gasteiger partial charge on any atom is 0.0408 e. The summed E-state index contributed by atoms with van der Waals surface area (Å²) in [6, 6.07) is 10.2. The molecule has 2 nitrogen and oxygen atoms in total. The Kier molecular flexibility index (Phi) is 5.21. The zero-order valence-corrected chi connectivity index (χ0v) is 12.9. The van der Waals surface area contributed by atoms with Gasteiger partial charge in [-0.05, 0) is 52.5 Å². The van der Waals surface area contributed by atoms with Crippen molar-refractivity contribution in [3.05, 3.63) is 55.6 Å². The van der Waals surface area contributed by atoms with Gasteiger partial charge in [-0.25, -0.2) is 0 Å². The van der Waals surface area contributed by atoms with E-state index < -0.39 is 0 Å². The van der Waals surface area contributed by atoms with Crippen LogP contribution in [0.3, 0.4) is 0 Å². The van der Waals surface area contributed by atoms with E-state index in [4.69, 9.17) is 17.4 Å². The number of halogens is 2. The molecule has 1 heterocycles. The first-order valence-corrected chi connectivity index (χ1v) is 7.66. The number of rotatable bonds is 5. The molecule has 0 saturated carbocycles. The number of hydrazine groups is 1. The van der Waals surface area contributed by atoms with Crippen LogP contribution in [0.15, 0.2) is 40.2 Å². The van der Waals surface area contributed by atoms with Crippen LogP contribution in [0.1, 0.15) is 10.4 Å². The molecule has 0 aliphatic rings. The fraction of sp³-hybridized carbons (Fsp3) is 0.231. The predicted molar refractivity (Wildman–Crippen MR) is 82.0 cm³/mol. The van der Waals surface area contributed by atoms with E-state index in [0.717, 1.165) is 22.3 Å². The van der Waals surface area contributed by atoms with Crippen LogP contribution >= 0.6 is 38.9 Å². The smallest absolute Gasteiger partial charge is 0.0408 e. The minimum absolute atomic E-state index is 0.217. The summed E-state index contributed by atoms with van der Waals surface area (Å²) in [7, 11) is 0. The first-order valence-electron chi connectivity index (χ1n) is 5.61. The summed E-state index contributed by atoms with van der Waals surface area (Å²) in [4.78, 5) is 1.31. The molecule has 0 aliphatic carbocycles. The van der Waals surface area contributed by atoms with Gasteiger partial charge in [0, 0.05) is 25.8 Å². The Labute approximate surface area is 124 Å². The van der Waals surface area contributed by atoms with E-state index in [2.05, 4.69) is 38.9 Å². The number of nitrogens with one attached hydrogen (secondary N) is 1. The molecule has 1 unspecified atom stereocenters. The normalized spacial score (nSPS) is 12.6. The molecular weight excluding hydrogens is 332 g/mol. The van der Waals surface area contributed by atoms with Crippen LogP contribution in [0.4, 0.5) is 0 Å². The fourth-order valence-electron chi connectivity index (χ4n) is 1.84. The molecule has 3 N–H and O–H groups in total. The summed E-state index contributed by atoms with van der Waals surface area (Å²) in [6.07, 6.45) is 1.78. The molecule has 0 saturated heterocycles. The van der Waals surface area contributed by atoms with Crippen LogP contribution in [0.25, 0.3) is 0 Å². The number of nitrogens with two attached hydrogens (primary N) is 1. The van der Waals surface area contributed by atoms with Gasteiger partial charge in [-0.15, -0.1) is 11.3 Å². The van der Waals surface area contributed by atoms with Crippen molar-refractivity contribution < 1.29 is 0 Å². The zero-order chi connectivity index (χ0) is 13.0. The third kappa shape index (κ3) is 4.07. The lowest BCUT2D eigenvalue weighted by Gasteiger charge is -2.15. The lowest BCUT2D eigenvalue weighted by Crippen LogP contribution is -2.38. The highest BCUT2D eigenvalue weighted by Gasteiger charge is 2.10. The van der Waals surface area contributed by atoms with Crippen molar-refractivity contribution in [2.75, 3.05) is 0 Å². The van der Waals surface area contributed by atoms with Crippen LogP contribution in [0, 0.1) is 0 Å². The van der Waals surface area contributed by atoms with Crippen LogP contribution in [-0.2, 0) is 12.8 Å². The van der Waals surface area contributed by atoms with Gasteiger partial charge in [-0.2, -0.15) is 0 Å². The number of hydrogen-bond acceptors (Lipinski definition) is 3. The van der Waals surface area contributed by atoms with Crippen molar-refractivity contribution >= 4 is 38.9 Å².